The molecule has 150 valence electrons. The molecule has 27 heavy (non-hydrogen) atoms. The maximum atomic E-state index is 4.46. The van der Waals surface area contributed by atoms with Crippen LogP contribution in [-0.2, 0) is 19.5 Å². The summed E-state index contributed by atoms with van der Waals surface area (Å²) in [6, 6.07) is 0. The molecule has 2 aromatic rings. The van der Waals surface area contributed by atoms with Crippen molar-refractivity contribution in [1.29, 1.82) is 0 Å². The van der Waals surface area contributed by atoms with Crippen LogP contribution in [0.2, 0.25) is 0 Å². The third kappa shape index (κ3) is 6.49. The number of nitrogens with one attached hydrogen (secondary N) is 2. The highest BCUT2D eigenvalue weighted by atomic mass is 32.2. The quantitative estimate of drug-likeness (QED) is 0.287. The molecule has 2 N–H and O–H groups in total. The Morgan fingerprint density at radius 1 is 1.26 bits per heavy atom. The molecule has 0 saturated heterocycles. The summed E-state index contributed by atoms with van der Waals surface area (Å²) >= 11 is 3.38. The smallest absolute Gasteiger partial charge is 0.191 e. The zero-order valence-electron chi connectivity index (χ0n) is 17.2. The van der Waals surface area contributed by atoms with Crippen molar-refractivity contribution in [3.05, 3.63) is 21.4 Å². The number of aromatic nitrogens is 4. The minimum Gasteiger partial charge on any atom is -0.356 e. The van der Waals surface area contributed by atoms with E-state index in [0.717, 1.165) is 60.1 Å². The molecular weight excluding hydrogens is 378 g/mol. The van der Waals surface area contributed by atoms with Crippen molar-refractivity contribution < 1.29 is 0 Å². The van der Waals surface area contributed by atoms with E-state index in [9.17, 15) is 0 Å². The molecule has 2 heterocycles. The number of aliphatic imine (C=N–C) groups is 1. The topological polar surface area (TPSA) is 80.0 Å². The van der Waals surface area contributed by atoms with Crippen molar-refractivity contribution in [2.75, 3.05) is 19.8 Å². The first-order valence-corrected chi connectivity index (χ1v) is 11.3. The number of hydrogen-bond acceptors (Lipinski definition) is 6. The number of hydrogen-bond donors (Lipinski definition) is 2. The molecule has 0 aliphatic heterocycles. The fourth-order valence-corrected chi connectivity index (χ4v) is 4.18. The fraction of sp³-hybridized carbons (Fsp3) is 0.667. The van der Waals surface area contributed by atoms with E-state index in [2.05, 4.69) is 49.2 Å². The predicted octanol–water partition coefficient (Wildman–Crippen LogP) is 3.03. The maximum Gasteiger partial charge on any atom is 0.191 e. The molecule has 0 spiro atoms. The Labute approximate surface area is 170 Å². The lowest BCUT2D eigenvalue weighted by Crippen LogP contribution is -2.37. The van der Waals surface area contributed by atoms with Gasteiger partial charge in [-0.15, -0.1) is 21.5 Å². The zero-order valence-corrected chi connectivity index (χ0v) is 18.8. The van der Waals surface area contributed by atoms with Crippen molar-refractivity contribution in [2.24, 2.45) is 10.9 Å². The van der Waals surface area contributed by atoms with Gasteiger partial charge in [-0.25, -0.2) is 4.98 Å². The Kier molecular flexibility index (Phi) is 8.56. The van der Waals surface area contributed by atoms with Gasteiger partial charge in [0.1, 0.15) is 5.82 Å². The standard InChI is InChI=1S/C18H31N7S2/c1-12(2)11-25-16(23-24-18(25)26-6)8-7-9-20-17(19-5)21-10-15-13(3)22-14(4)27-15/h12H,7-11H2,1-6H3,(H2,19,20,21). The molecule has 0 aliphatic carbocycles. The Morgan fingerprint density at radius 3 is 2.63 bits per heavy atom. The van der Waals surface area contributed by atoms with Gasteiger partial charge in [-0.3, -0.25) is 4.99 Å². The van der Waals surface area contributed by atoms with Crippen molar-refractivity contribution in [3.8, 4) is 0 Å². The van der Waals surface area contributed by atoms with Crippen LogP contribution in [0.15, 0.2) is 10.1 Å². The molecule has 0 amide bonds. The van der Waals surface area contributed by atoms with Gasteiger partial charge >= 0.3 is 0 Å². The zero-order chi connectivity index (χ0) is 19.8. The number of thioether (sulfide) groups is 1. The average Bonchev–Trinajstić information content (AvgIpc) is 3.15. The predicted molar refractivity (Wildman–Crippen MR) is 115 cm³/mol. The van der Waals surface area contributed by atoms with Crippen molar-refractivity contribution in [1.82, 2.24) is 30.4 Å². The minimum absolute atomic E-state index is 0.575. The lowest BCUT2D eigenvalue weighted by atomic mass is 10.2. The van der Waals surface area contributed by atoms with Crippen LogP contribution >= 0.6 is 23.1 Å². The summed E-state index contributed by atoms with van der Waals surface area (Å²) in [5.41, 5.74) is 1.09. The summed E-state index contributed by atoms with van der Waals surface area (Å²) in [4.78, 5) is 10.0. The summed E-state index contributed by atoms with van der Waals surface area (Å²) < 4.78 is 2.25. The number of guanidine groups is 1. The summed E-state index contributed by atoms with van der Waals surface area (Å²) in [7, 11) is 1.80. The molecule has 2 aromatic heterocycles. The molecule has 7 nitrogen and oxygen atoms in total. The van der Waals surface area contributed by atoms with E-state index >= 15 is 0 Å². The Bertz CT molecular complexity index is 749. The average molecular weight is 410 g/mol. The van der Waals surface area contributed by atoms with Crippen LogP contribution in [0, 0.1) is 19.8 Å². The second kappa shape index (κ2) is 10.7. The van der Waals surface area contributed by atoms with Crippen LogP contribution in [-0.4, -0.2) is 45.6 Å². The van der Waals surface area contributed by atoms with Crippen LogP contribution in [0.25, 0.3) is 0 Å². The van der Waals surface area contributed by atoms with Crippen molar-refractivity contribution >= 4 is 29.1 Å². The summed E-state index contributed by atoms with van der Waals surface area (Å²) in [5.74, 6) is 2.45. The normalized spacial score (nSPS) is 12.0. The van der Waals surface area contributed by atoms with E-state index in [1.54, 1.807) is 30.1 Å². The van der Waals surface area contributed by atoms with Crippen LogP contribution in [0.3, 0.4) is 0 Å². The van der Waals surface area contributed by atoms with E-state index in [4.69, 9.17) is 0 Å². The van der Waals surface area contributed by atoms with Gasteiger partial charge in [0.2, 0.25) is 0 Å². The molecule has 0 aliphatic rings. The summed E-state index contributed by atoms with van der Waals surface area (Å²) in [6.45, 7) is 11.1. The van der Waals surface area contributed by atoms with Gasteiger partial charge in [-0.05, 0) is 32.4 Å². The van der Waals surface area contributed by atoms with Crippen LogP contribution in [0.5, 0.6) is 0 Å². The maximum absolute atomic E-state index is 4.46. The highest BCUT2D eigenvalue weighted by Gasteiger charge is 2.12. The third-order valence-electron chi connectivity index (χ3n) is 4.03. The Hall–Kier alpha value is -1.61. The summed E-state index contributed by atoms with van der Waals surface area (Å²) in [6.07, 6.45) is 3.93. The first-order chi connectivity index (χ1) is 12.9. The second-order valence-corrected chi connectivity index (χ2v) is 8.87. The Balaban J connectivity index is 1.80. The van der Waals surface area contributed by atoms with Crippen molar-refractivity contribution in [2.45, 2.75) is 58.8 Å². The third-order valence-corrected chi connectivity index (χ3v) is 5.77. The Morgan fingerprint density at radius 2 is 2.04 bits per heavy atom. The summed E-state index contributed by atoms with van der Waals surface area (Å²) in [5, 5.41) is 17.5. The molecule has 0 aromatic carbocycles. The van der Waals surface area contributed by atoms with E-state index in [-0.39, 0.29) is 0 Å². The molecule has 0 radical (unpaired) electrons. The second-order valence-electron chi connectivity index (χ2n) is 6.80. The number of aryl methyl sites for hydroxylation is 3. The lowest BCUT2D eigenvalue weighted by molar-refractivity contribution is 0.477. The molecule has 0 atom stereocenters. The molecular formula is C18H31N7S2. The molecule has 0 unspecified atom stereocenters. The van der Waals surface area contributed by atoms with Gasteiger partial charge < -0.3 is 15.2 Å². The van der Waals surface area contributed by atoms with Crippen LogP contribution in [0.1, 0.15) is 41.7 Å². The number of thiazole rings is 1. The first-order valence-electron chi connectivity index (χ1n) is 9.28. The van der Waals surface area contributed by atoms with Crippen LogP contribution < -0.4 is 10.6 Å². The number of nitrogens with zero attached hydrogens (tertiary/aromatic N) is 5. The molecule has 0 saturated carbocycles. The largest absolute Gasteiger partial charge is 0.356 e. The van der Waals surface area contributed by atoms with Gasteiger partial charge in [-0.2, -0.15) is 0 Å². The van der Waals surface area contributed by atoms with Crippen LogP contribution in [0.4, 0.5) is 0 Å². The van der Waals surface area contributed by atoms with Gasteiger partial charge in [0.25, 0.3) is 0 Å². The lowest BCUT2D eigenvalue weighted by Gasteiger charge is -2.13. The van der Waals surface area contributed by atoms with Gasteiger partial charge in [0.05, 0.1) is 17.2 Å². The minimum atomic E-state index is 0.575. The highest BCUT2D eigenvalue weighted by Crippen LogP contribution is 2.17. The van der Waals surface area contributed by atoms with E-state index < -0.39 is 0 Å². The van der Waals surface area contributed by atoms with E-state index in [0.29, 0.717) is 5.92 Å². The first kappa shape index (κ1) is 21.7. The van der Waals surface area contributed by atoms with Gasteiger partial charge in [-0.1, -0.05) is 25.6 Å². The highest BCUT2D eigenvalue weighted by molar-refractivity contribution is 7.98. The van der Waals surface area contributed by atoms with Gasteiger partial charge in [0, 0.05) is 31.4 Å². The molecule has 0 fully saturated rings. The van der Waals surface area contributed by atoms with Gasteiger partial charge in [0.15, 0.2) is 11.1 Å². The molecule has 0 bridgehead atoms. The van der Waals surface area contributed by atoms with Crippen molar-refractivity contribution in [3.63, 3.8) is 0 Å². The molecule has 9 heteroatoms. The SMILES string of the molecule is CN=C(NCCCc1nnc(SC)n1CC(C)C)NCc1sc(C)nc1C. The fourth-order valence-electron chi connectivity index (χ4n) is 2.78. The monoisotopic (exact) mass is 409 g/mol. The van der Waals surface area contributed by atoms with E-state index in [1.165, 1.54) is 4.88 Å². The number of rotatable bonds is 9. The van der Waals surface area contributed by atoms with E-state index in [1.807, 2.05) is 20.1 Å². The molecule has 2 rings (SSSR count).